The molecule has 0 aromatic rings. The van der Waals surface area contributed by atoms with Crippen molar-refractivity contribution in [3.63, 3.8) is 0 Å². The summed E-state index contributed by atoms with van der Waals surface area (Å²) in [6, 6.07) is 0. The largest absolute Gasteiger partial charge is 0.469 e. The standard InChI is InChI=1S/C6H11O2S/c1-8-6(7)4-3-5-9-2/h4H,3,5H2,1-2H3. The fourth-order valence-electron chi connectivity index (χ4n) is 0.378. The number of esters is 1. The Morgan fingerprint density at radius 2 is 2.44 bits per heavy atom. The van der Waals surface area contributed by atoms with E-state index in [1.807, 2.05) is 6.26 Å². The summed E-state index contributed by atoms with van der Waals surface area (Å²) in [5, 5.41) is 0. The molecule has 0 saturated heterocycles. The number of hydrogen-bond donors (Lipinski definition) is 0. The van der Waals surface area contributed by atoms with Crippen molar-refractivity contribution in [3.05, 3.63) is 6.42 Å². The van der Waals surface area contributed by atoms with Gasteiger partial charge in [0.2, 0.25) is 0 Å². The Hall–Kier alpha value is -0.180. The van der Waals surface area contributed by atoms with E-state index < -0.39 is 0 Å². The molecule has 53 valence electrons. The van der Waals surface area contributed by atoms with E-state index >= 15 is 0 Å². The van der Waals surface area contributed by atoms with Gasteiger partial charge in [-0.25, -0.2) is 0 Å². The molecule has 0 aromatic heterocycles. The highest BCUT2D eigenvalue weighted by molar-refractivity contribution is 7.98. The minimum atomic E-state index is -0.232. The Bertz CT molecular complexity index is 83.1. The summed E-state index contributed by atoms with van der Waals surface area (Å²) in [7, 11) is 1.39. The van der Waals surface area contributed by atoms with Gasteiger partial charge in [0.05, 0.1) is 13.5 Å². The first-order chi connectivity index (χ1) is 4.31. The Morgan fingerprint density at radius 3 is 2.89 bits per heavy atom. The van der Waals surface area contributed by atoms with Crippen molar-refractivity contribution < 1.29 is 9.53 Å². The predicted molar refractivity (Wildman–Crippen MR) is 39.3 cm³/mol. The summed E-state index contributed by atoms with van der Waals surface area (Å²) in [5.41, 5.74) is 0. The highest BCUT2D eigenvalue weighted by atomic mass is 32.2. The van der Waals surface area contributed by atoms with Crippen molar-refractivity contribution in [2.24, 2.45) is 0 Å². The molecule has 0 fully saturated rings. The highest BCUT2D eigenvalue weighted by Crippen LogP contribution is 1.98. The summed E-state index contributed by atoms with van der Waals surface area (Å²) >= 11 is 1.72. The zero-order valence-electron chi connectivity index (χ0n) is 5.72. The van der Waals surface area contributed by atoms with Crippen LogP contribution in [0.5, 0.6) is 0 Å². The molecule has 0 amide bonds. The van der Waals surface area contributed by atoms with Crippen molar-refractivity contribution in [2.45, 2.75) is 6.42 Å². The van der Waals surface area contributed by atoms with E-state index in [9.17, 15) is 4.79 Å². The van der Waals surface area contributed by atoms with Crippen molar-refractivity contribution in [1.29, 1.82) is 0 Å². The highest BCUT2D eigenvalue weighted by Gasteiger charge is 1.97. The second-order valence-corrected chi connectivity index (χ2v) is 2.49. The molecule has 0 N–H and O–H groups in total. The average Bonchev–Trinajstić information content (AvgIpc) is 1.89. The first-order valence-corrected chi connectivity index (χ1v) is 4.10. The van der Waals surface area contributed by atoms with Crippen LogP contribution in [0.2, 0.25) is 0 Å². The summed E-state index contributed by atoms with van der Waals surface area (Å²) in [6.07, 6.45) is 4.36. The Morgan fingerprint density at radius 1 is 1.78 bits per heavy atom. The molecule has 0 aliphatic rings. The smallest absolute Gasteiger partial charge is 0.309 e. The second-order valence-electron chi connectivity index (χ2n) is 1.51. The van der Waals surface area contributed by atoms with Gasteiger partial charge in [0, 0.05) is 0 Å². The molecule has 1 radical (unpaired) electrons. The molecular formula is C6H11O2S. The number of rotatable bonds is 4. The molecular weight excluding hydrogens is 136 g/mol. The van der Waals surface area contributed by atoms with Crippen molar-refractivity contribution in [1.82, 2.24) is 0 Å². The van der Waals surface area contributed by atoms with Gasteiger partial charge >= 0.3 is 5.97 Å². The lowest BCUT2D eigenvalue weighted by molar-refractivity contribution is -0.136. The average molecular weight is 147 g/mol. The summed E-state index contributed by atoms with van der Waals surface area (Å²) < 4.78 is 4.39. The predicted octanol–water partition coefficient (Wildman–Crippen LogP) is 1.12. The summed E-state index contributed by atoms with van der Waals surface area (Å²) in [5.74, 6) is 0.749. The van der Waals surface area contributed by atoms with E-state index in [2.05, 4.69) is 4.74 Å². The van der Waals surface area contributed by atoms with Gasteiger partial charge in [0.15, 0.2) is 0 Å². The molecule has 3 heteroatoms. The van der Waals surface area contributed by atoms with Crippen molar-refractivity contribution in [2.75, 3.05) is 19.1 Å². The lowest BCUT2D eigenvalue weighted by Gasteiger charge is -1.95. The monoisotopic (exact) mass is 147 g/mol. The quantitative estimate of drug-likeness (QED) is 0.440. The number of thioether (sulfide) groups is 1. The van der Waals surface area contributed by atoms with E-state index in [0.717, 1.165) is 12.2 Å². The zero-order chi connectivity index (χ0) is 7.11. The van der Waals surface area contributed by atoms with Crippen LogP contribution >= 0.6 is 11.8 Å². The SMILES string of the molecule is COC(=O)[CH]CCSC. The number of hydrogen-bond acceptors (Lipinski definition) is 3. The van der Waals surface area contributed by atoms with Gasteiger partial charge in [-0.3, -0.25) is 4.79 Å². The Kier molecular flexibility index (Phi) is 5.83. The van der Waals surface area contributed by atoms with Gasteiger partial charge in [-0.1, -0.05) is 0 Å². The fourth-order valence-corrected chi connectivity index (χ4v) is 0.732. The topological polar surface area (TPSA) is 26.3 Å². The van der Waals surface area contributed by atoms with Crippen LogP contribution in [-0.4, -0.2) is 25.1 Å². The summed E-state index contributed by atoms with van der Waals surface area (Å²) in [6.45, 7) is 0. The van der Waals surface area contributed by atoms with Gasteiger partial charge in [-0.15, -0.1) is 0 Å². The maximum absolute atomic E-state index is 10.4. The minimum absolute atomic E-state index is 0.232. The van der Waals surface area contributed by atoms with Crippen LogP contribution in [0, 0.1) is 6.42 Å². The molecule has 9 heavy (non-hydrogen) atoms. The molecule has 0 heterocycles. The maximum Gasteiger partial charge on any atom is 0.309 e. The van der Waals surface area contributed by atoms with Gasteiger partial charge in [-0.05, 0) is 18.4 Å². The van der Waals surface area contributed by atoms with Crippen LogP contribution in [0.15, 0.2) is 0 Å². The first-order valence-electron chi connectivity index (χ1n) is 2.71. The van der Waals surface area contributed by atoms with Gasteiger partial charge in [0.25, 0.3) is 0 Å². The minimum Gasteiger partial charge on any atom is -0.469 e. The normalized spacial score (nSPS) is 9.11. The zero-order valence-corrected chi connectivity index (χ0v) is 6.53. The van der Waals surface area contributed by atoms with Crippen molar-refractivity contribution in [3.8, 4) is 0 Å². The molecule has 0 unspecified atom stereocenters. The van der Waals surface area contributed by atoms with Gasteiger partial charge < -0.3 is 4.74 Å². The molecule has 0 aliphatic heterocycles. The van der Waals surface area contributed by atoms with E-state index in [1.165, 1.54) is 7.11 Å². The maximum atomic E-state index is 10.4. The number of ether oxygens (including phenoxy) is 1. The number of methoxy groups -OCH3 is 1. The molecule has 2 nitrogen and oxygen atoms in total. The Balaban J connectivity index is 2.97. The molecule has 0 saturated carbocycles. The third-order valence-corrected chi connectivity index (χ3v) is 1.48. The third-order valence-electron chi connectivity index (χ3n) is 0.834. The van der Waals surface area contributed by atoms with Crippen LogP contribution in [0.4, 0.5) is 0 Å². The first kappa shape index (κ1) is 8.82. The molecule has 0 spiro atoms. The molecule has 0 aromatic carbocycles. The van der Waals surface area contributed by atoms with Crippen LogP contribution in [0.3, 0.4) is 0 Å². The lowest BCUT2D eigenvalue weighted by Crippen LogP contribution is -2.00. The van der Waals surface area contributed by atoms with E-state index in [-0.39, 0.29) is 5.97 Å². The number of carbonyl (C=O) groups excluding carboxylic acids is 1. The molecule has 0 aliphatic carbocycles. The van der Waals surface area contributed by atoms with Crippen LogP contribution in [0.25, 0.3) is 0 Å². The summed E-state index contributed by atoms with van der Waals surface area (Å²) in [4.78, 5) is 10.4. The van der Waals surface area contributed by atoms with Crippen LogP contribution in [0.1, 0.15) is 6.42 Å². The van der Waals surface area contributed by atoms with Crippen LogP contribution < -0.4 is 0 Å². The third kappa shape index (κ3) is 5.69. The molecule has 0 atom stereocenters. The number of carbonyl (C=O) groups is 1. The fraction of sp³-hybridized carbons (Fsp3) is 0.667. The van der Waals surface area contributed by atoms with E-state index in [0.29, 0.717) is 0 Å². The second kappa shape index (κ2) is 5.95. The van der Waals surface area contributed by atoms with E-state index in [4.69, 9.17) is 0 Å². The molecule has 0 bridgehead atoms. The van der Waals surface area contributed by atoms with Crippen molar-refractivity contribution >= 4 is 17.7 Å². The van der Waals surface area contributed by atoms with E-state index in [1.54, 1.807) is 18.2 Å². The Labute approximate surface area is 60.0 Å². The lowest BCUT2D eigenvalue weighted by atomic mass is 10.3. The van der Waals surface area contributed by atoms with Gasteiger partial charge in [-0.2, -0.15) is 11.8 Å². The van der Waals surface area contributed by atoms with Crippen LogP contribution in [-0.2, 0) is 9.53 Å². The van der Waals surface area contributed by atoms with Gasteiger partial charge in [0.1, 0.15) is 0 Å². The molecule has 0 rings (SSSR count).